The number of hydrogen-bond acceptors (Lipinski definition) is 4. The van der Waals surface area contributed by atoms with E-state index in [9.17, 15) is 0 Å². The monoisotopic (exact) mass is 449 g/mol. The number of rotatable bonds is 3. The number of fused-ring (bicyclic) bond motifs is 1. The summed E-state index contributed by atoms with van der Waals surface area (Å²) in [6.45, 7) is 2.93. The lowest BCUT2D eigenvalue weighted by molar-refractivity contribution is 0.137. The Morgan fingerprint density at radius 3 is 2.61 bits per heavy atom. The lowest BCUT2D eigenvalue weighted by atomic mass is 9.89. The van der Waals surface area contributed by atoms with E-state index in [2.05, 4.69) is 64.5 Å². The van der Waals surface area contributed by atoms with E-state index in [1.807, 2.05) is 23.9 Å². The zero-order valence-corrected chi connectivity index (χ0v) is 19.0. The van der Waals surface area contributed by atoms with Crippen LogP contribution in [0.4, 0.5) is 0 Å². The van der Waals surface area contributed by atoms with Crippen LogP contribution >= 0.6 is 23.4 Å². The van der Waals surface area contributed by atoms with Crippen LogP contribution in [0.3, 0.4) is 0 Å². The first-order valence-corrected chi connectivity index (χ1v) is 12.1. The molecule has 1 spiro atoms. The highest BCUT2D eigenvalue weighted by atomic mass is 35.5. The van der Waals surface area contributed by atoms with Crippen molar-refractivity contribution >= 4 is 23.4 Å². The fraction of sp³-hybridized carbons (Fsp3) is 0.320. The molecule has 0 amide bonds. The van der Waals surface area contributed by atoms with E-state index in [-0.39, 0.29) is 10.8 Å². The Labute approximate surface area is 191 Å². The van der Waals surface area contributed by atoms with Gasteiger partial charge in [0.1, 0.15) is 0 Å². The summed E-state index contributed by atoms with van der Waals surface area (Å²) in [6.07, 6.45) is 4.87. The van der Waals surface area contributed by atoms with Crippen LogP contribution in [0.2, 0.25) is 5.02 Å². The van der Waals surface area contributed by atoms with Gasteiger partial charge in [-0.05, 0) is 43.0 Å². The van der Waals surface area contributed by atoms with E-state index in [4.69, 9.17) is 16.3 Å². The normalized spacial score (nSPS) is 21.4. The van der Waals surface area contributed by atoms with E-state index in [0.29, 0.717) is 5.88 Å². The Morgan fingerprint density at radius 2 is 1.87 bits per heavy atom. The molecule has 1 aliphatic carbocycles. The molecule has 1 saturated carbocycles. The highest BCUT2D eigenvalue weighted by Gasteiger charge is 2.53. The minimum atomic E-state index is 0.0618. The van der Waals surface area contributed by atoms with Gasteiger partial charge in [0, 0.05) is 22.8 Å². The molecule has 4 nitrogen and oxygen atoms in total. The summed E-state index contributed by atoms with van der Waals surface area (Å²) in [7, 11) is 0. The molecule has 3 heterocycles. The van der Waals surface area contributed by atoms with E-state index in [1.54, 1.807) is 0 Å². The van der Waals surface area contributed by atoms with Gasteiger partial charge in [0.25, 0.3) is 0 Å². The number of thioether (sulfide) groups is 1. The zero-order chi connectivity index (χ0) is 21.0. The predicted octanol–water partition coefficient (Wildman–Crippen LogP) is 6.58. The minimum absolute atomic E-state index is 0.0618. The molecule has 0 bridgehead atoms. The van der Waals surface area contributed by atoms with E-state index >= 15 is 0 Å². The van der Waals surface area contributed by atoms with Crippen LogP contribution in [-0.2, 0) is 6.54 Å². The molecule has 3 aliphatic rings. The maximum Gasteiger partial charge on any atom is 0.244 e. The van der Waals surface area contributed by atoms with Crippen molar-refractivity contribution in [1.29, 1.82) is 0 Å². The first kappa shape index (κ1) is 19.3. The van der Waals surface area contributed by atoms with Crippen molar-refractivity contribution < 1.29 is 4.74 Å². The van der Waals surface area contributed by atoms with Crippen LogP contribution in [0.15, 0.2) is 65.4 Å². The smallest absolute Gasteiger partial charge is 0.244 e. The number of halogens is 1. The summed E-state index contributed by atoms with van der Waals surface area (Å²) < 4.78 is 6.54. The number of ether oxygens (including phenoxy) is 1. The molecule has 6 heteroatoms. The fourth-order valence-electron chi connectivity index (χ4n) is 5.22. The standard InChI is InChI=1S/C25H24ClN3OS/c1-16-20-21(18-9-11-19(26)12-10-18)22-24(30-23(20)28-27-16)29(15-17-7-3-2-4-8-17)25(31-22)13-5-6-14-25/h2-4,7-12,21H,5-6,13-15H2,1H3,(H,27,28). The molecular formula is C25H24ClN3OS. The van der Waals surface area contributed by atoms with Gasteiger partial charge in [0.05, 0.1) is 15.7 Å². The first-order chi connectivity index (χ1) is 15.1. The largest absolute Gasteiger partial charge is 0.420 e. The van der Waals surface area contributed by atoms with Crippen molar-refractivity contribution in [3.63, 3.8) is 0 Å². The molecule has 3 aromatic rings. The number of nitrogens with one attached hydrogen (secondary N) is 1. The number of aromatic nitrogens is 2. The molecule has 0 saturated heterocycles. The number of hydrogen-bond donors (Lipinski definition) is 1. The SMILES string of the molecule is Cc1[nH]nc2c1C(c1ccc(Cl)cc1)C1=C(O2)N(Cc2ccccc2)C2(CCCC2)S1. The summed E-state index contributed by atoms with van der Waals surface area (Å²) in [6, 6.07) is 18.9. The van der Waals surface area contributed by atoms with Gasteiger partial charge in [-0.25, -0.2) is 0 Å². The summed E-state index contributed by atoms with van der Waals surface area (Å²) >= 11 is 8.24. The Morgan fingerprint density at radius 1 is 1.13 bits per heavy atom. The second-order valence-corrected chi connectivity index (χ2v) is 10.5. The van der Waals surface area contributed by atoms with Gasteiger partial charge in [-0.2, -0.15) is 0 Å². The quantitative estimate of drug-likeness (QED) is 0.490. The van der Waals surface area contributed by atoms with Gasteiger partial charge in [0.2, 0.25) is 11.8 Å². The Kier molecular flexibility index (Phi) is 4.58. The maximum absolute atomic E-state index is 6.54. The molecule has 2 aromatic carbocycles. The Hall–Kier alpha value is -2.37. The molecule has 1 fully saturated rings. The second-order valence-electron chi connectivity index (χ2n) is 8.65. The van der Waals surface area contributed by atoms with Crippen molar-refractivity contribution in [3.05, 3.63) is 92.8 Å². The second kappa shape index (κ2) is 7.35. The van der Waals surface area contributed by atoms with Gasteiger partial charge >= 0.3 is 0 Å². The lowest BCUT2D eigenvalue weighted by Crippen LogP contribution is -2.40. The molecule has 158 valence electrons. The third-order valence-electron chi connectivity index (χ3n) is 6.72. The van der Waals surface area contributed by atoms with E-state index in [1.165, 1.54) is 41.7 Å². The molecule has 6 rings (SSSR count). The Balaban J connectivity index is 1.49. The summed E-state index contributed by atoms with van der Waals surface area (Å²) in [5, 5.41) is 8.43. The lowest BCUT2D eigenvalue weighted by Gasteiger charge is -2.37. The number of benzene rings is 2. The molecule has 31 heavy (non-hydrogen) atoms. The van der Waals surface area contributed by atoms with Crippen molar-refractivity contribution in [2.45, 2.75) is 49.9 Å². The predicted molar refractivity (Wildman–Crippen MR) is 125 cm³/mol. The summed E-state index contributed by atoms with van der Waals surface area (Å²) in [5.74, 6) is 1.79. The third-order valence-corrected chi connectivity index (χ3v) is 8.61. The third kappa shape index (κ3) is 3.09. The number of aryl methyl sites for hydroxylation is 1. The van der Waals surface area contributed by atoms with Gasteiger partial charge in [-0.15, -0.1) is 5.10 Å². The number of aromatic amines is 1. The van der Waals surface area contributed by atoms with E-state index in [0.717, 1.165) is 28.7 Å². The molecular weight excluding hydrogens is 426 g/mol. The molecule has 2 aliphatic heterocycles. The average molecular weight is 450 g/mol. The number of allylic oxidation sites excluding steroid dienone is 1. The number of nitrogens with zero attached hydrogens (tertiary/aromatic N) is 2. The highest BCUT2D eigenvalue weighted by molar-refractivity contribution is 8.04. The average Bonchev–Trinajstić information content (AvgIpc) is 3.48. The van der Waals surface area contributed by atoms with Crippen LogP contribution in [0, 0.1) is 6.92 Å². The van der Waals surface area contributed by atoms with Crippen LogP contribution in [0.1, 0.15) is 54.0 Å². The molecule has 1 N–H and O–H groups in total. The van der Waals surface area contributed by atoms with Gasteiger partial charge in [-0.1, -0.05) is 78.7 Å². The van der Waals surface area contributed by atoms with Crippen LogP contribution in [-0.4, -0.2) is 20.0 Å². The van der Waals surface area contributed by atoms with Crippen LogP contribution in [0.25, 0.3) is 0 Å². The maximum atomic E-state index is 6.54. The number of H-pyrrole nitrogens is 1. The first-order valence-electron chi connectivity index (χ1n) is 10.9. The van der Waals surface area contributed by atoms with Crippen molar-refractivity contribution in [1.82, 2.24) is 15.1 Å². The van der Waals surface area contributed by atoms with Gasteiger partial charge < -0.3 is 9.64 Å². The zero-order valence-electron chi connectivity index (χ0n) is 17.4. The molecule has 0 radical (unpaired) electrons. The van der Waals surface area contributed by atoms with Crippen LogP contribution in [0.5, 0.6) is 5.88 Å². The summed E-state index contributed by atoms with van der Waals surface area (Å²) in [5.41, 5.74) is 4.74. The molecule has 1 unspecified atom stereocenters. The van der Waals surface area contributed by atoms with Gasteiger partial charge in [0.15, 0.2) is 0 Å². The fourth-order valence-corrected chi connectivity index (χ4v) is 7.12. The minimum Gasteiger partial charge on any atom is -0.420 e. The van der Waals surface area contributed by atoms with Crippen molar-refractivity contribution in [2.75, 3.05) is 0 Å². The topological polar surface area (TPSA) is 41.1 Å². The van der Waals surface area contributed by atoms with E-state index < -0.39 is 0 Å². The van der Waals surface area contributed by atoms with Crippen molar-refractivity contribution in [2.24, 2.45) is 0 Å². The summed E-state index contributed by atoms with van der Waals surface area (Å²) in [4.78, 5) is 3.88. The highest BCUT2D eigenvalue weighted by Crippen LogP contribution is 2.62. The van der Waals surface area contributed by atoms with Crippen molar-refractivity contribution in [3.8, 4) is 5.88 Å². The Bertz CT molecular complexity index is 1150. The van der Waals surface area contributed by atoms with Gasteiger partial charge in [-0.3, -0.25) is 5.10 Å². The molecule has 1 aromatic heterocycles. The van der Waals surface area contributed by atoms with Crippen LogP contribution < -0.4 is 4.74 Å². The molecule has 1 atom stereocenters.